The third-order valence-corrected chi connectivity index (χ3v) is 4.70. The molecule has 0 aromatic rings. The van der Waals surface area contributed by atoms with Crippen molar-refractivity contribution in [2.24, 2.45) is 5.92 Å². The molecule has 1 rings (SSSR count). The monoisotopic (exact) mass is 254 g/mol. The molecular weight excluding hydrogens is 220 g/mol. The summed E-state index contributed by atoms with van der Waals surface area (Å²) in [5, 5.41) is 3.76. The van der Waals surface area contributed by atoms with Gasteiger partial charge in [0.15, 0.2) is 0 Å². The molecule has 1 aliphatic heterocycles. The molecule has 0 spiro atoms. The van der Waals surface area contributed by atoms with E-state index in [-0.39, 0.29) is 0 Å². The highest BCUT2D eigenvalue weighted by molar-refractivity contribution is 4.97. The van der Waals surface area contributed by atoms with E-state index in [4.69, 9.17) is 0 Å². The molecule has 2 unspecified atom stereocenters. The van der Waals surface area contributed by atoms with Gasteiger partial charge in [-0.1, -0.05) is 34.1 Å². The van der Waals surface area contributed by atoms with E-state index in [9.17, 15) is 0 Å². The Morgan fingerprint density at radius 2 is 1.72 bits per heavy atom. The van der Waals surface area contributed by atoms with Gasteiger partial charge in [-0.15, -0.1) is 0 Å². The van der Waals surface area contributed by atoms with Crippen LogP contribution in [0.3, 0.4) is 0 Å². The lowest BCUT2D eigenvalue weighted by Gasteiger charge is -2.49. The van der Waals surface area contributed by atoms with Gasteiger partial charge in [-0.05, 0) is 58.2 Å². The van der Waals surface area contributed by atoms with Gasteiger partial charge in [0.1, 0.15) is 0 Å². The molecule has 2 nitrogen and oxygen atoms in total. The van der Waals surface area contributed by atoms with Gasteiger partial charge in [0.2, 0.25) is 0 Å². The lowest BCUT2D eigenvalue weighted by molar-refractivity contribution is 0.0369. The Hall–Kier alpha value is -0.0800. The number of nitrogens with one attached hydrogen (secondary N) is 1. The van der Waals surface area contributed by atoms with E-state index in [2.05, 4.69) is 44.8 Å². The van der Waals surface area contributed by atoms with Crippen LogP contribution in [0.4, 0.5) is 0 Å². The molecule has 0 saturated carbocycles. The van der Waals surface area contributed by atoms with Gasteiger partial charge in [0, 0.05) is 11.6 Å². The Morgan fingerprint density at radius 3 is 2.17 bits per heavy atom. The lowest BCUT2D eigenvalue weighted by Crippen LogP contribution is -2.60. The maximum Gasteiger partial charge on any atom is 0.0331 e. The zero-order chi connectivity index (χ0) is 13.6. The molecule has 1 N–H and O–H groups in total. The summed E-state index contributed by atoms with van der Waals surface area (Å²) in [6.07, 6.45) is 6.73. The van der Waals surface area contributed by atoms with Gasteiger partial charge in [0.25, 0.3) is 0 Å². The highest BCUT2D eigenvalue weighted by atomic mass is 15.2. The average molecular weight is 254 g/mol. The molecular formula is C16H34N2. The van der Waals surface area contributed by atoms with Crippen LogP contribution in [0.5, 0.6) is 0 Å². The standard InChI is InChI=1S/C16H34N2/c1-6-16(5,18-11-9-8-10-12-18)15(17-7-2)13-14(3)4/h14-15,17H,6-13H2,1-5H3. The van der Waals surface area contributed by atoms with Crippen LogP contribution in [0.2, 0.25) is 0 Å². The first-order valence-electron chi connectivity index (χ1n) is 8.03. The molecule has 0 aliphatic carbocycles. The van der Waals surface area contributed by atoms with Gasteiger partial charge in [-0.2, -0.15) is 0 Å². The topological polar surface area (TPSA) is 15.3 Å². The molecule has 0 aromatic carbocycles. The Bertz CT molecular complexity index is 221. The van der Waals surface area contributed by atoms with Crippen molar-refractivity contribution in [3.8, 4) is 0 Å². The minimum Gasteiger partial charge on any atom is -0.312 e. The molecule has 2 heteroatoms. The van der Waals surface area contributed by atoms with Crippen LogP contribution in [0.15, 0.2) is 0 Å². The molecule has 108 valence electrons. The highest BCUT2D eigenvalue weighted by Gasteiger charge is 2.38. The molecule has 0 amide bonds. The molecule has 18 heavy (non-hydrogen) atoms. The fourth-order valence-corrected chi connectivity index (χ4v) is 3.37. The predicted octanol–water partition coefficient (Wildman–Crippen LogP) is 3.67. The van der Waals surface area contributed by atoms with Gasteiger partial charge in [0.05, 0.1) is 0 Å². The van der Waals surface area contributed by atoms with E-state index in [0.717, 1.165) is 12.5 Å². The molecule has 0 bridgehead atoms. The van der Waals surface area contributed by atoms with Crippen molar-refractivity contribution in [3.05, 3.63) is 0 Å². The zero-order valence-corrected chi connectivity index (χ0v) is 13.3. The Labute approximate surface area is 115 Å². The van der Waals surface area contributed by atoms with Crippen molar-refractivity contribution in [1.29, 1.82) is 0 Å². The number of likely N-dealkylation sites (N-methyl/N-ethyl adjacent to an activating group) is 1. The van der Waals surface area contributed by atoms with Crippen LogP contribution in [-0.2, 0) is 0 Å². The van der Waals surface area contributed by atoms with Crippen molar-refractivity contribution in [1.82, 2.24) is 10.2 Å². The van der Waals surface area contributed by atoms with Crippen molar-refractivity contribution in [2.45, 2.75) is 78.3 Å². The van der Waals surface area contributed by atoms with E-state index < -0.39 is 0 Å². The van der Waals surface area contributed by atoms with Crippen molar-refractivity contribution in [2.75, 3.05) is 19.6 Å². The Balaban J connectivity index is 2.78. The van der Waals surface area contributed by atoms with Crippen molar-refractivity contribution in [3.63, 3.8) is 0 Å². The first-order valence-corrected chi connectivity index (χ1v) is 8.03. The summed E-state index contributed by atoms with van der Waals surface area (Å²) >= 11 is 0. The Morgan fingerprint density at radius 1 is 1.11 bits per heavy atom. The predicted molar refractivity (Wildman–Crippen MR) is 81.0 cm³/mol. The smallest absolute Gasteiger partial charge is 0.0331 e. The summed E-state index contributed by atoms with van der Waals surface area (Å²) in [5.74, 6) is 0.768. The van der Waals surface area contributed by atoms with Gasteiger partial charge < -0.3 is 5.32 Å². The first kappa shape index (κ1) is 16.0. The summed E-state index contributed by atoms with van der Waals surface area (Å²) in [6, 6.07) is 0.630. The number of hydrogen-bond donors (Lipinski definition) is 1. The largest absolute Gasteiger partial charge is 0.312 e. The van der Waals surface area contributed by atoms with Crippen LogP contribution >= 0.6 is 0 Å². The van der Waals surface area contributed by atoms with E-state index >= 15 is 0 Å². The van der Waals surface area contributed by atoms with Crippen LogP contribution in [0.25, 0.3) is 0 Å². The van der Waals surface area contributed by atoms with E-state index in [0.29, 0.717) is 11.6 Å². The third-order valence-electron chi connectivity index (χ3n) is 4.70. The number of likely N-dealkylation sites (tertiary alicyclic amines) is 1. The maximum absolute atomic E-state index is 3.76. The van der Waals surface area contributed by atoms with Gasteiger partial charge in [-0.3, -0.25) is 4.90 Å². The fraction of sp³-hybridized carbons (Fsp3) is 1.00. The summed E-state index contributed by atoms with van der Waals surface area (Å²) < 4.78 is 0. The Kier molecular flexibility index (Phi) is 6.65. The minimum absolute atomic E-state index is 0.334. The van der Waals surface area contributed by atoms with Crippen molar-refractivity contribution >= 4 is 0 Å². The molecule has 1 heterocycles. The fourth-order valence-electron chi connectivity index (χ4n) is 3.37. The second kappa shape index (κ2) is 7.49. The number of piperidine rings is 1. The molecule has 1 fully saturated rings. The summed E-state index contributed by atoms with van der Waals surface area (Å²) in [4.78, 5) is 2.76. The van der Waals surface area contributed by atoms with E-state index in [1.54, 1.807) is 0 Å². The van der Waals surface area contributed by atoms with Crippen molar-refractivity contribution < 1.29 is 0 Å². The van der Waals surface area contributed by atoms with Crippen LogP contribution in [0.1, 0.15) is 66.7 Å². The quantitative estimate of drug-likeness (QED) is 0.746. The first-order chi connectivity index (χ1) is 8.54. The molecule has 1 saturated heterocycles. The summed E-state index contributed by atoms with van der Waals surface area (Å²) in [6.45, 7) is 15.4. The molecule has 2 atom stereocenters. The lowest BCUT2D eigenvalue weighted by atomic mass is 9.81. The van der Waals surface area contributed by atoms with Crippen LogP contribution in [0, 0.1) is 5.92 Å². The van der Waals surface area contributed by atoms with Crippen LogP contribution < -0.4 is 5.32 Å². The van der Waals surface area contributed by atoms with Gasteiger partial charge in [-0.25, -0.2) is 0 Å². The van der Waals surface area contributed by atoms with E-state index in [1.165, 1.54) is 45.2 Å². The summed E-state index contributed by atoms with van der Waals surface area (Å²) in [5.41, 5.74) is 0.334. The highest BCUT2D eigenvalue weighted by Crippen LogP contribution is 2.30. The number of hydrogen-bond acceptors (Lipinski definition) is 2. The molecule has 0 radical (unpaired) electrons. The second-order valence-electron chi connectivity index (χ2n) is 6.50. The SMILES string of the molecule is CCNC(CC(C)C)C(C)(CC)N1CCCCC1. The average Bonchev–Trinajstić information content (AvgIpc) is 2.38. The number of rotatable bonds is 7. The summed E-state index contributed by atoms with van der Waals surface area (Å²) in [7, 11) is 0. The minimum atomic E-state index is 0.334. The maximum atomic E-state index is 3.76. The zero-order valence-electron chi connectivity index (χ0n) is 13.3. The number of nitrogens with zero attached hydrogens (tertiary/aromatic N) is 1. The molecule has 0 aromatic heterocycles. The third kappa shape index (κ3) is 3.96. The van der Waals surface area contributed by atoms with Crippen LogP contribution in [-0.4, -0.2) is 36.1 Å². The molecule has 1 aliphatic rings. The van der Waals surface area contributed by atoms with E-state index in [1.807, 2.05) is 0 Å². The second-order valence-corrected chi connectivity index (χ2v) is 6.50. The normalized spacial score (nSPS) is 23.0. The van der Waals surface area contributed by atoms with Gasteiger partial charge >= 0.3 is 0 Å².